The fourth-order valence-corrected chi connectivity index (χ4v) is 2.99. The van der Waals surface area contributed by atoms with Gasteiger partial charge >= 0.3 is 0 Å². The van der Waals surface area contributed by atoms with Crippen LogP contribution in [-0.4, -0.2) is 36.3 Å². The zero-order valence-electron chi connectivity index (χ0n) is 15.7. The lowest BCUT2D eigenvalue weighted by Crippen LogP contribution is -2.32. The highest BCUT2D eigenvalue weighted by Gasteiger charge is 2.29. The number of nitrogens with zero attached hydrogens (tertiary/aromatic N) is 1. The van der Waals surface area contributed by atoms with Gasteiger partial charge in [0.05, 0.1) is 13.2 Å². The SMILES string of the molecule is CN(C)C(=O)C1=C[C@@H](c2ccccc2)C[C@@H](OCc2ccc(CO)cc2)O1. The highest BCUT2D eigenvalue weighted by Crippen LogP contribution is 2.32. The molecule has 0 aromatic heterocycles. The lowest BCUT2D eigenvalue weighted by atomic mass is 9.93. The third-order valence-corrected chi connectivity index (χ3v) is 4.54. The molecule has 5 nitrogen and oxygen atoms in total. The number of hydrogen-bond donors (Lipinski definition) is 1. The fraction of sp³-hybridized carbons (Fsp3) is 0.318. The minimum Gasteiger partial charge on any atom is -0.459 e. The van der Waals surface area contributed by atoms with Crippen LogP contribution in [0.3, 0.4) is 0 Å². The number of rotatable bonds is 6. The van der Waals surface area contributed by atoms with Crippen LogP contribution in [-0.2, 0) is 27.5 Å². The zero-order valence-corrected chi connectivity index (χ0v) is 15.7. The lowest BCUT2D eigenvalue weighted by molar-refractivity contribution is -0.154. The van der Waals surface area contributed by atoms with Crippen LogP contribution in [0.1, 0.15) is 29.0 Å². The number of carbonyl (C=O) groups excluding carboxylic acids is 1. The molecule has 1 aliphatic rings. The number of aliphatic hydroxyl groups is 1. The highest BCUT2D eigenvalue weighted by molar-refractivity contribution is 5.91. The molecule has 1 aliphatic heterocycles. The molecule has 0 unspecified atom stereocenters. The van der Waals surface area contributed by atoms with Crippen LogP contribution in [0.2, 0.25) is 0 Å². The summed E-state index contributed by atoms with van der Waals surface area (Å²) in [4.78, 5) is 13.9. The van der Waals surface area contributed by atoms with Gasteiger partial charge in [0.2, 0.25) is 6.29 Å². The molecule has 2 atom stereocenters. The predicted octanol–water partition coefficient (Wildman–Crippen LogP) is 3.20. The molecule has 1 amide bonds. The molecule has 0 fully saturated rings. The van der Waals surface area contributed by atoms with E-state index < -0.39 is 6.29 Å². The number of ether oxygens (including phenoxy) is 2. The van der Waals surface area contributed by atoms with Gasteiger partial charge in [-0.15, -0.1) is 0 Å². The predicted molar refractivity (Wildman–Crippen MR) is 103 cm³/mol. The summed E-state index contributed by atoms with van der Waals surface area (Å²) in [5, 5.41) is 9.13. The molecule has 0 aliphatic carbocycles. The largest absolute Gasteiger partial charge is 0.459 e. The molecule has 0 saturated carbocycles. The van der Waals surface area contributed by atoms with E-state index in [9.17, 15) is 4.79 Å². The normalized spacial score (nSPS) is 19.1. The van der Waals surface area contributed by atoms with E-state index in [0.29, 0.717) is 18.8 Å². The van der Waals surface area contributed by atoms with Crippen molar-refractivity contribution in [2.75, 3.05) is 14.1 Å². The van der Waals surface area contributed by atoms with Crippen molar-refractivity contribution in [3.8, 4) is 0 Å². The van der Waals surface area contributed by atoms with Crippen molar-refractivity contribution in [1.82, 2.24) is 4.90 Å². The number of aliphatic hydroxyl groups excluding tert-OH is 1. The summed E-state index contributed by atoms with van der Waals surface area (Å²) < 4.78 is 11.8. The van der Waals surface area contributed by atoms with Gasteiger partial charge in [-0.1, -0.05) is 54.6 Å². The molecule has 142 valence electrons. The van der Waals surface area contributed by atoms with E-state index in [0.717, 1.165) is 16.7 Å². The van der Waals surface area contributed by atoms with Gasteiger partial charge in [-0.3, -0.25) is 4.79 Å². The van der Waals surface area contributed by atoms with Crippen LogP contribution in [0.4, 0.5) is 0 Å². The molecule has 1 N–H and O–H groups in total. The van der Waals surface area contributed by atoms with E-state index in [1.54, 1.807) is 14.1 Å². The van der Waals surface area contributed by atoms with Crippen LogP contribution in [0, 0.1) is 0 Å². The van der Waals surface area contributed by atoms with Crippen LogP contribution < -0.4 is 0 Å². The Bertz CT molecular complexity index is 784. The van der Waals surface area contributed by atoms with Crippen molar-refractivity contribution in [2.24, 2.45) is 0 Å². The molecular weight excluding hydrogens is 342 g/mol. The van der Waals surface area contributed by atoms with E-state index in [1.165, 1.54) is 4.90 Å². The van der Waals surface area contributed by atoms with E-state index in [-0.39, 0.29) is 18.4 Å². The third kappa shape index (κ3) is 4.96. The van der Waals surface area contributed by atoms with Gasteiger partial charge in [0, 0.05) is 26.4 Å². The molecule has 5 heteroatoms. The van der Waals surface area contributed by atoms with E-state index >= 15 is 0 Å². The van der Waals surface area contributed by atoms with E-state index in [1.807, 2.05) is 48.5 Å². The second-order valence-electron chi connectivity index (χ2n) is 6.82. The maximum atomic E-state index is 12.4. The van der Waals surface area contributed by atoms with Gasteiger partial charge in [-0.2, -0.15) is 0 Å². The van der Waals surface area contributed by atoms with Crippen molar-refractivity contribution in [2.45, 2.75) is 31.8 Å². The maximum Gasteiger partial charge on any atom is 0.288 e. The number of hydrogen-bond acceptors (Lipinski definition) is 4. The topological polar surface area (TPSA) is 59.0 Å². The van der Waals surface area contributed by atoms with Gasteiger partial charge in [0.15, 0.2) is 5.76 Å². The summed E-state index contributed by atoms with van der Waals surface area (Å²) in [5.41, 5.74) is 2.98. The van der Waals surface area contributed by atoms with Crippen molar-refractivity contribution >= 4 is 5.91 Å². The molecule has 3 rings (SSSR count). The van der Waals surface area contributed by atoms with Crippen LogP contribution in [0.5, 0.6) is 0 Å². The first-order valence-electron chi connectivity index (χ1n) is 9.02. The minimum atomic E-state index is -0.503. The molecule has 1 heterocycles. The Morgan fingerprint density at radius 2 is 1.78 bits per heavy atom. The molecule has 0 saturated heterocycles. The first-order valence-corrected chi connectivity index (χ1v) is 9.02. The number of carbonyl (C=O) groups is 1. The summed E-state index contributed by atoms with van der Waals surface area (Å²) in [6.45, 7) is 0.397. The molecular formula is C22H25NO4. The monoisotopic (exact) mass is 367 g/mol. The Hall–Kier alpha value is -2.63. The Kier molecular flexibility index (Phi) is 6.27. The standard InChI is InChI=1S/C22H25NO4/c1-23(2)22(25)20-12-19(18-6-4-3-5-7-18)13-21(27-20)26-15-17-10-8-16(14-24)9-11-17/h3-12,19,21,24H,13-15H2,1-2H3/t19-,21+/m1/s1. The quantitative estimate of drug-likeness (QED) is 0.852. The van der Waals surface area contributed by atoms with Gasteiger partial charge in [-0.25, -0.2) is 0 Å². The summed E-state index contributed by atoms with van der Waals surface area (Å²) in [5.74, 6) is 0.206. The van der Waals surface area contributed by atoms with Crippen molar-refractivity contribution in [3.05, 3.63) is 83.1 Å². The van der Waals surface area contributed by atoms with Gasteiger partial charge in [0.25, 0.3) is 5.91 Å². The van der Waals surface area contributed by atoms with Crippen molar-refractivity contribution in [1.29, 1.82) is 0 Å². The van der Waals surface area contributed by atoms with E-state index in [4.69, 9.17) is 14.6 Å². The number of allylic oxidation sites excluding steroid dienone is 1. The zero-order chi connectivity index (χ0) is 19.2. The van der Waals surface area contributed by atoms with Gasteiger partial charge < -0.3 is 19.5 Å². The average Bonchev–Trinajstić information content (AvgIpc) is 2.72. The second kappa shape index (κ2) is 8.84. The van der Waals surface area contributed by atoms with Crippen LogP contribution in [0.25, 0.3) is 0 Å². The molecule has 0 spiro atoms. The van der Waals surface area contributed by atoms with Gasteiger partial charge in [-0.05, 0) is 22.8 Å². The molecule has 2 aromatic rings. The Morgan fingerprint density at radius 1 is 1.11 bits per heavy atom. The number of likely N-dealkylation sites (N-methyl/N-ethyl adjacent to an activating group) is 1. The maximum absolute atomic E-state index is 12.4. The fourth-order valence-electron chi connectivity index (χ4n) is 2.99. The van der Waals surface area contributed by atoms with Crippen LogP contribution >= 0.6 is 0 Å². The molecule has 27 heavy (non-hydrogen) atoms. The van der Waals surface area contributed by atoms with Crippen molar-refractivity contribution < 1.29 is 19.4 Å². The molecule has 0 radical (unpaired) electrons. The first kappa shape index (κ1) is 19.1. The number of amides is 1. The first-order chi connectivity index (χ1) is 13.1. The average molecular weight is 367 g/mol. The smallest absolute Gasteiger partial charge is 0.288 e. The summed E-state index contributed by atoms with van der Waals surface area (Å²) >= 11 is 0. The summed E-state index contributed by atoms with van der Waals surface area (Å²) in [6.07, 6.45) is 2.02. The second-order valence-corrected chi connectivity index (χ2v) is 6.82. The highest BCUT2D eigenvalue weighted by atomic mass is 16.7. The van der Waals surface area contributed by atoms with Crippen LogP contribution in [0.15, 0.2) is 66.4 Å². The molecule has 0 bridgehead atoms. The Balaban J connectivity index is 1.73. The molecule has 2 aromatic carbocycles. The Labute approximate surface area is 159 Å². The lowest BCUT2D eigenvalue weighted by Gasteiger charge is -2.30. The third-order valence-electron chi connectivity index (χ3n) is 4.54. The number of benzene rings is 2. The van der Waals surface area contributed by atoms with E-state index in [2.05, 4.69) is 12.1 Å². The summed E-state index contributed by atoms with van der Waals surface area (Å²) in [7, 11) is 3.41. The van der Waals surface area contributed by atoms with Crippen molar-refractivity contribution in [3.63, 3.8) is 0 Å². The Morgan fingerprint density at radius 3 is 2.41 bits per heavy atom. The minimum absolute atomic E-state index is 0.0203. The van der Waals surface area contributed by atoms with Gasteiger partial charge in [0.1, 0.15) is 0 Å². The summed E-state index contributed by atoms with van der Waals surface area (Å²) in [6, 6.07) is 17.6.